The number of carbonyl (C=O) groups is 2. The maximum absolute atomic E-state index is 12.4. The fourth-order valence-electron chi connectivity index (χ4n) is 1.93. The van der Waals surface area contributed by atoms with Crippen molar-refractivity contribution in [3.8, 4) is 0 Å². The number of esters is 1. The van der Waals surface area contributed by atoms with E-state index in [1.165, 1.54) is 26.3 Å². The van der Waals surface area contributed by atoms with Crippen LogP contribution in [0.15, 0.2) is 23.1 Å². The van der Waals surface area contributed by atoms with Crippen LogP contribution in [0.2, 0.25) is 0 Å². The summed E-state index contributed by atoms with van der Waals surface area (Å²) in [7, 11) is 2.60. The van der Waals surface area contributed by atoms with Gasteiger partial charge < -0.3 is 19.5 Å². The zero-order valence-corrected chi connectivity index (χ0v) is 13.4. The highest BCUT2D eigenvalue weighted by molar-refractivity contribution is 5.89. The van der Waals surface area contributed by atoms with Crippen molar-refractivity contribution in [2.45, 2.75) is 19.6 Å². The molecule has 134 valence electrons. The standard InChI is InChI=1S/C14H18F3N3O4/c1-9(12(22)24-3)7-19(2)13(23)18-10-5-4-6-20(11(10)21)8-14(15,16)17/h4-6,9H,7-8H2,1-3H3,(H,18,23). The highest BCUT2D eigenvalue weighted by Gasteiger charge is 2.28. The summed E-state index contributed by atoms with van der Waals surface area (Å²) < 4.78 is 42.2. The molecule has 1 atom stereocenters. The predicted octanol–water partition coefficient (Wildman–Crippen LogP) is 1.68. The molecule has 1 aromatic heterocycles. The minimum absolute atomic E-state index is 0.0160. The maximum atomic E-state index is 12.4. The van der Waals surface area contributed by atoms with E-state index in [0.29, 0.717) is 4.57 Å². The molecule has 0 bridgehead atoms. The maximum Gasteiger partial charge on any atom is 0.406 e. The summed E-state index contributed by atoms with van der Waals surface area (Å²) in [6.45, 7) is 0.112. The number of pyridine rings is 1. The number of aromatic nitrogens is 1. The summed E-state index contributed by atoms with van der Waals surface area (Å²) in [6.07, 6.45) is -3.58. The second kappa shape index (κ2) is 7.84. The molecule has 0 saturated heterocycles. The summed E-state index contributed by atoms with van der Waals surface area (Å²) in [5, 5.41) is 2.23. The molecule has 0 spiro atoms. The van der Waals surface area contributed by atoms with E-state index in [-0.39, 0.29) is 12.2 Å². The molecule has 1 N–H and O–H groups in total. The molecule has 0 fully saturated rings. The minimum atomic E-state index is -4.56. The second-order valence-corrected chi connectivity index (χ2v) is 5.20. The van der Waals surface area contributed by atoms with Crippen molar-refractivity contribution < 1.29 is 27.5 Å². The van der Waals surface area contributed by atoms with Crippen LogP contribution in [0.25, 0.3) is 0 Å². The lowest BCUT2D eigenvalue weighted by atomic mass is 10.2. The average molecular weight is 349 g/mol. The number of ether oxygens (including phenoxy) is 1. The van der Waals surface area contributed by atoms with Crippen LogP contribution < -0.4 is 10.9 Å². The third-order valence-corrected chi connectivity index (χ3v) is 3.11. The van der Waals surface area contributed by atoms with Gasteiger partial charge in [0, 0.05) is 19.8 Å². The van der Waals surface area contributed by atoms with Gasteiger partial charge in [-0.15, -0.1) is 0 Å². The molecule has 1 aromatic rings. The Hall–Kier alpha value is -2.52. The number of urea groups is 1. The number of hydrogen-bond donors (Lipinski definition) is 1. The van der Waals surface area contributed by atoms with Gasteiger partial charge in [-0.1, -0.05) is 6.92 Å². The number of nitrogens with one attached hydrogen (secondary N) is 1. The summed E-state index contributed by atoms with van der Waals surface area (Å²) in [5.41, 5.74) is -1.26. The Morgan fingerprint density at radius 1 is 1.42 bits per heavy atom. The second-order valence-electron chi connectivity index (χ2n) is 5.20. The third-order valence-electron chi connectivity index (χ3n) is 3.11. The van der Waals surface area contributed by atoms with E-state index in [1.807, 2.05) is 0 Å². The number of methoxy groups -OCH3 is 1. The van der Waals surface area contributed by atoms with Crippen LogP contribution in [-0.4, -0.2) is 48.3 Å². The average Bonchev–Trinajstić information content (AvgIpc) is 2.48. The molecule has 1 unspecified atom stereocenters. The van der Waals surface area contributed by atoms with Gasteiger partial charge in [0.25, 0.3) is 5.56 Å². The summed E-state index contributed by atoms with van der Waals surface area (Å²) in [5.74, 6) is -1.11. The van der Waals surface area contributed by atoms with Gasteiger partial charge in [0.2, 0.25) is 0 Å². The fourth-order valence-corrected chi connectivity index (χ4v) is 1.93. The molecule has 0 aliphatic rings. The topological polar surface area (TPSA) is 80.6 Å². The van der Waals surface area contributed by atoms with Crippen molar-refractivity contribution in [2.24, 2.45) is 5.92 Å². The van der Waals surface area contributed by atoms with Crippen LogP contribution in [0.5, 0.6) is 0 Å². The van der Waals surface area contributed by atoms with Gasteiger partial charge in [-0.05, 0) is 12.1 Å². The molecule has 0 radical (unpaired) electrons. The predicted molar refractivity (Wildman–Crippen MR) is 79.6 cm³/mol. The molecule has 1 heterocycles. The van der Waals surface area contributed by atoms with Crippen molar-refractivity contribution in [3.63, 3.8) is 0 Å². The number of halogens is 3. The highest BCUT2D eigenvalue weighted by atomic mass is 19.4. The van der Waals surface area contributed by atoms with Gasteiger partial charge in [-0.25, -0.2) is 4.79 Å². The number of amides is 2. The smallest absolute Gasteiger partial charge is 0.406 e. The Morgan fingerprint density at radius 3 is 2.58 bits per heavy atom. The molecule has 2 amide bonds. The van der Waals surface area contributed by atoms with E-state index in [2.05, 4.69) is 10.1 Å². The molecule has 0 aliphatic carbocycles. The SMILES string of the molecule is COC(=O)C(C)CN(C)C(=O)Nc1cccn(CC(F)(F)F)c1=O. The van der Waals surface area contributed by atoms with Crippen LogP contribution in [0.3, 0.4) is 0 Å². The number of alkyl halides is 3. The molecular formula is C14H18F3N3O4. The van der Waals surface area contributed by atoms with E-state index in [4.69, 9.17) is 0 Å². The quantitative estimate of drug-likeness (QED) is 0.820. The normalized spacial score (nSPS) is 12.4. The van der Waals surface area contributed by atoms with E-state index >= 15 is 0 Å². The Bertz CT molecular complexity index is 657. The first-order chi connectivity index (χ1) is 11.0. The van der Waals surface area contributed by atoms with Gasteiger partial charge in [-0.2, -0.15) is 13.2 Å². The van der Waals surface area contributed by atoms with Crippen molar-refractivity contribution in [1.29, 1.82) is 0 Å². The van der Waals surface area contributed by atoms with Crippen molar-refractivity contribution in [3.05, 3.63) is 28.7 Å². The van der Waals surface area contributed by atoms with Gasteiger partial charge in [0.1, 0.15) is 12.2 Å². The van der Waals surface area contributed by atoms with Crippen molar-refractivity contribution >= 4 is 17.7 Å². The van der Waals surface area contributed by atoms with E-state index < -0.39 is 36.2 Å². The van der Waals surface area contributed by atoms with Crippen LogP contribution >= 0.6 is 0 Å². The molecule has 0 saturated carbocycles. The first-order valence-corrected chi connectivity index (χ1v) is 6.91. The van der Waals surface area contributed by atoms with Gasteiger partial charge in [0.05, 0.1) is 13.0 Å². The lowest BCUT2D eigenvalue weighted by molar-refractivity contribution is -0.145. The number of hydrogen-bond acceptors (Lipinski definition) is 4. The lowest BCUT2D eigenvalue weighted by Crippen LogP contribution is -2.38. The number of carbonyl (C=O) groups excluding carboxylic acids is 2. The first-order valence-electron chi connectivity index (χ1n) is 6.91. The van der Waals surface area contributed by atoms with Crippen LogP contribution in [0, 0.1) is 5.92 Å². The molecular weight excluding hydrogens is 331 g/mol. The molecule has 0 aromatic carbocycles. The van der Waals surface area contributed by atoms with Crippen LogP contribution in [0.4, 0.5) is 23.7 Å². The van der Waals surface area contributed by atoms with Crippen LogP contribution in [0.1, 0.15) is 6.92 Å². The zero-order chi connectivity index (χ0) is 18.5. The number of nitrogens with zero attached hydrogens (tertiary/aromatic N) is 2. The number of rotatable bonds is 5. The zero-order valence-electron chi connectivity index (χ0n) is 13.4. The molecule has 0 aliphatic heterocycles. The highest BCUT2D eigenvalue weighted by Crippen LogP contribution is 2.16. The minimum Gasteiger partial charge on any atom is -0.469 e. The van der Waals surface area contributed by atoms with E-state index in [9.17, 15) is 27.6 Å². The Kier molecular flexibility index (Phi) is 6.38. The Morgan fingerprint density at radius 2 is 2.04 bits per heavy atom. The summed E-state index contributed by atoms with van der Waals surface area (Å²) in [4.78, 5) is 36.4. The van der Waals surface area contributed by atoms with Crippen molar-refractivity contribution in [2.75, 3.05) is 26.0 Å². The molecule has 7 nitrogen and oxygen atoms in total. The molecule has 10 heteroatoms. The largest absolute Gasteiger partial charge is 0.469 e. The lowest BCUT2D eigenvalue weighted by Gasteiger charge is -2.20. The van der Waals surface area contributed by atoms with Crippen molar-refractivity contribution in [1.82, 2.24) is 9.47 Å². The summed E-state index contributed by atoms with van der Waals surface area (Å²) >= 11 is 0. The Labute approximate surface area is 136 Å². The van der Waals surface area contributed by atoms with Gasteiger partial charge in [-0.3, -0.25) is 9.59 Å². The van der Waals surface area contributed by atoms with Crippen LogP contribution in [-0.2, 0) is 16.1 Å². The summed E-state index contributed by atoms with van der Waals surface area (Å²) in [6, 6.07) is 1.69. The molecule has 24 heavy (non-hydrogen) atoms. The fraction of sp³-hybridized carbons (Fsp3) is 0.500. The van der Waals surface area contributed by atoms with E-state index in [1.54, 1.807) is 6.92 Å². The van der Waals surface area contributed by atoms with E-state index in [0.717, 1.165) is 11.1 Å². The third kappa shape index (κ3) is 5.60. The van der Waals surface area contributed by atoms with Gasteiger partial charge in [0.15, 0.2) is 0 Å². The monoisotopic (exact) mass is 349 g/mol. The number of anilines is 1. The first kappa shape index (κ1) is 19.5. The van der Waals surface area contributed by atoms with Gasteiger partial charge >= 0.3 is 18.2 Å². The molecule has 1 rings (SSSR count). The Balaban J connectivity index is 2.82.